The van der Waals surface area contributed by atoms with Crippen molar-refractivity contribution >= 4 is 27.3 Å². The molecule has 0 aromatic heterocycles. The second-order valence-electron chi connectivity index (χ2n) is 2.04. The second kappa shape index (κ2) is 3.32. The number of hydrogen-bond donors (Lipinski definition) is 0. The average Bonchev–Trinajstić information content (AvgIpc) is 2.03. The lowest BCUT2D eigenvalue weighted by Gasteiger charge is -1.93. The van der Waals surface area contributed by atoms with E-state index in [0.29, 0.717) is 4.47 Å². The number of non-ortho nitro benzene ring substituents is 1. The van der Waals surface area contributed by atoms with Crippen LogP contribution in [0, 0.1) is 16.7 Å². The highest BCUT2D eigenvalue weighted by molar-refractivity contribution is 9.10. The first-order valence-electron chi connectivity index (χ1n) is 2.96. The van der Waals surface area contributed by atoms with E-state index < -0.39 is 4.92 Å². The number of nitro groups is 1. The molecule has 0 aliphatic rings. The molecule has 0 aliphatic heterocycles. The minimum atomic E-state index is -0.528. The highest BCUT2D eigenvalue weighted by Gasteiger charge is 2.07. The van der Waals surface area contributed by atoms with Crippen molar-refractivity contribution in [1.29, 1.82) is 0 Å². The quantitative estimate of drug-likeness (QED) is 0.420. The summed E-state index contributed by atoms with van der Waals surface area (Å²) in [6.45, 7) is 6.66. The van der Waals surface area contributed by atoms with E-state index in [4.69, 9.17) is 6.57 Å². The molecule has 0 bridgehead atoms. The van der Waals surface area contributed by atoms with Crippen LogP contribution in [-0.4, -0.2) is 4.92 Å². The van der Waals surface area contributed by atoms with Gasteiger partial charge in [-0.3, -0.25) is 10.1 Å². The third kappa shape index (κ3) is 1.80. The van der Waals surface area contributed by atoms with Gasteiger partial charge in [0.05, 0.1) is 11.5 Å². The van der Waals surface area contributed by atoms with Gasteiger partial charge >= 0.3 is 0 Å². The Kier molecular flexibility index (Phi) is 2.41. The standard InChI is InChI=1S/C7H3BrN2O2/c1-9-6-2-5(8)3-7(4-6)10(11)12/h2-4H. The van der Waals surface area contributed by atoms with E-state index >= 15 is 0 Å². The van der Waals surface area contributed by atoms with Crippen molar-refractivity contribution in [1.82, 2.24) is 0 Å². The van der Waals surface area contributed by atoms with Gasteiger partial charge in [0.15, 0.2) is 5.69 Å². The van der Waals surface area contributed by atoms with Crippen molar-refractivity contribution < 1.29 is 4.92 Å². The van der Waals surface area contributed by atoms with Crippen LogP contribution in [0.4, 0.5) is 11.4 Å². The van der Waals surface area contributed by atoms with E-state index in [1.165, 1.54) is 18.2 Å². The maximum absolute atomic E-state index is 10.3. The molecule has 0 radical (unpaired) electrons. The topological polar surface area (TPSA) is 47.5 Å². The number of hydrogen-bond acceptors (Lipinski definition) is 2. The highest BCUT2D eigenvalue weighted by atomic mass is 79.9. The molecule has 0 saturated heterocycles. The summed E-state index contributed by atoms with van der Waals surface area (Å²) in [4.78, 5) is 12.9. The lowest BCUT2D eigenvalue weighted by Crippen LogP contribution is -1.86. The molecule has 1 rings (SSSR count). The zero-order valence-electron chi connectivity index (χ0n) is 5.82. The van der Waals surface area contributed by atoms with Crippen LogP contribution >= 0.6 is 15.9 Å². The summed E-state index contributed by atoms with van der Waals surface area (Å²) in [7, 11) is 0. The minimum Gasteiger partial charge on any atom is -0.258 e. The zero-order chi connectivity index (χ0) is 9.14. The van der Waals surface area contributed by atoms with Crippen molar-refractivity contribution in [2.45, 2.75) is 0 Å². The van der Waals surface area contributed by atoms with Crippen LogP contribution in [0.15, 0.2) is 22.7 Å². The Labute approximate surface area is 76.9 Å². The van der Waals surface area contributed by atoms with E-state index in [-0.39, 0.29) is 11.4 Å². The van der Waals surface area contributed by atoms with E-state index in [2.05, 4.69) is 20.8 Å². The van der Waals surface area contributed by atoms with Crippen LogP contribution in [0.1, 0.15) is 0 Å². The molecule has 12 heavy (non-hydrogen) atoms. The molecule has 0 amide bonds. The number of nitrogens with zero attached hydrogens (tertiary/aromatic N) is 2. The van der Waals surface area contributed by atoms with E-state index in [0.717, 1.165) is 0 Å². The zero-order valence-corrected chi connectivity index (χ0v) is 7.41. The highest BCUT2D eigenvalue weighted by Crippen LogP contribution is 2.25. The molecule has 5 heteroatoms. The van der Waals surface area contributed by atoms with Crippen molar-refractivity contribution in [3.05, 3.63) is 44.2 Å². The molecule has 0 fully saturated rings. The number of rotatable bonds is 1. The van der Waals surface area contributed by atoms with Gasteiger partial charge in [0, 0.05) is 16.6 Å². The van der Waals surface area contributed by atoms with Crippen LogP contribution in [0.25, 0.3) is 4.85 Å². The summed E-state index contributed by atoms with van der Waals surface area (Å²) in [5.74, 6) is 0. The third-order valence-electron chi connectivity index (χ3n) is 1.21. The van der Waals surface area contributed by atoms with Gasteiger partial charge in [0.2, 0.25) is 0 Å². The van der Waals surface area contributed by atoms with Crippen LogP contribution in [0.2, 0.25) is 0 Å². The van der Waals surface area contributed by atoms with Gasteiger partial charge in [-0.1, -0.05) is 15.9 Å². The van der Waals surface area contributed by atoms with Gasteiger partial charge in [-0.25, -0.2) is 4.85 Å². The van der Waals surface area contributed by atoms with Crippen LogP contribution in [0.3, 0.4) is 0 Å². The monoisotopic (exact) mass is 226 g/mol. The molecule has 0 N–H and O–H groups in total. The molecular formula is C7H3BrN2O2. The largest absolute Gasteiger partial charge is 0.260 e. The van der Waals surface area contributed by atoms with E-state index in [9.17, 15) is 10.1 Å². The molecule has 0 atom stereocenters. The van der Waals surface area contributed by atoms with Crippen molar-refractivity contribution in [3.8, 4) is 0 Å². The Morgan fingerprint density at radius 2 is 2.17 bits per heavy atom. The number of benzene rings is 1. The summed E-state index contributed by atoms with van der Waals surface area (Å²) in [5, 5.41) is 10.3. The molecule has 60 valence electrons. The minimum absolute atomic E-state index is 0.0737. The first-order chi connectivity index (χ1) is 5.63. The first kappa shape index (κ1) is 8.68. The SMILES string of the molecule is [C-]#[N+]c1cc(Br)cc([N+](=O)[O-])c1. The molecule has 4 nitrogen and oxygen atoms in total. The Hall–Kier alpha value is -1.41. The van der Waals surface area contributed by atoms with E-state index in [1.807, 2.05) is 0 Å². The Morgan fingerprint density at radius 3 is 2.67 bits per heavy atom. The maximum Gasteiger partial charge on any atom is 0.260 e. The fourth-order valence-electron chi connectivity index (χ4n) is 0.729. The van der Waals surface area contributed by atoms with Crippen LogP contribution < -0.4 is 0 Å². The number of halogens is 1. The smallest absolute Gasteiger partial charge is 0.258 e. The predicted molar refractivity (Wildman–Crippen MR) is 47.1 cm³/mol. The van der Waals surface area contributed by atoms with Gasteiger partial charge in [-0.15, -0.1) is 0 Å². The van der Waals surface area contributed by atoms with Gasteiger partial charge in [-0.05, 0) is 6.07 Å². The molecule has 0 heterocycles. The van der Waals surface area contributed by atoms with Gasteiger partial charge in [0.25, 0.3) is 5.69 Å². The summed E-state index contributed by atoms with van der Waals surface area (Å²) in [6, 6.07) is 4.12. The molecular weight excluding hydrogens is 224 g/mol. The fourth-order valence-corrected chi connectivity index (χ4v) is 1.20. The summed E-state index contributed by atoms with van der Waals surface area (Å²) < 4.78 is 0.544. The summed E-state index contributed by atoms with van der Waals surface area (Å²) in [6.07, 6.45) is 0. The molecule has 1 aromatic carbocycles. The first-order valence-corrected chi connectivity index (χ1v) is 3.75. The molecule has 1 aromatic rings. The van der Waals surface area contributed by atoms with Gasteiger partial charge in [-0.2, -0.15) is 0 Å². The van der Waals surface area contributed by atoms with Gasteiger partial charge < -0.3 is 0 Å². The maximum atomic E-state index is 10.3. The lowest BCUT2D eigenvalue weighted by atomic mass is 10.3. The fraction of sp³-hybridized carbons (Fsp3) is 0. The summed E-state index contributed by atoms with van der Waals surface area (Å²) >= 11 is 3.07. The van der Waals surface area contributed by atoms with Crippen LogP contribution in [-0.2, 0) is 0 Å². The van der Waals surface area contributed by atoms with Crippen molar-refractivity contribution in [3.63, 3.8) is 0 Å². The normalized spacial score (nSPS) is 9.00. The predicted octanol–water partition coefficient (Wildman–Crippen LogP) is 2.91. The summed E-state index contributed by atoms with van der Waals surface area (Å²) in [5.41, 5.74) is 0.187. The van der Waals surface area contributed by atoms with Crippen molar-refractivity contribution in [2.75, 3.05) is 0 Å². The molecule has 0 unspecified atom stereocenters. The molecule has 0 spiro atoms. The van der Waals surface area contributed by atoms with E-state index in [1.54, 1.807) is 0 Å². The molecule has 0 aliphatic carbocycles. The van der Waals surface area contributed by atoms with Crippen LogP contribution in [0.5, 0.6) is 0 Å². The lowest BCUT2D eigenvalue weighted by molar-refractivity contribution is -0.384. The Balaban J connectivity index is 3.26. The van der Waals surface area contributed by atoms with Crippen molar-refractivity contribution in [2.24, 2.45) is 0 Å². The Morgan fingerprint density at radius 1 is 1.50 bits per heavy atom. The second-order valence-corrected chi connectivity index (χ2v) is 2.95. The number of nitro benzene ring substituents is 1. The Bertz CT molecular complexity index is 370. The third-order valence-corrected chi connectivity index (χ3v) is 1.67. The van der Waals surface area contributed by atoms with Gasteiger partial charge in [0.1, 0.15) is 0 Å². The molecule has 0 saturated carbocycles. The average molecular weight is 227 g/mol.